The molecule has 3 aromatic carbocycles. The van der Waals surface area contributed by atoms with Gasteiger partial charge in [0.05, 0.1) is 18.8 Å². The van der Waals surface area contributed by atoms with Gasteiger partial charge in [-0.15, -0.1) is 0 Å². The molecule has 202 valence electrons. The Bertz CT molecular complexity index is 1320. The van der Waals surface area contributed by atoms with E-state index in [-0.39, 0.29) is 36.5 Å². The van der Waals surface area contributed by atoms with Crippen LogP contribution in [-0.4, -0.2) is 19.2 Å². The molecular weight excluding hydrogens is 507 g/mol. The van der Waals surface area contributed by atoms with Gasteiger partial charge in [-0.25, -0.2) is 13.6 Å². The quantitative estimate of drug-likeness (QED) is 0.168. The topological polar surface area (TPSA) is 44.8 Å². The van der Waals surface area contributed by atoms with Gasteiger partial charge in [0, 0.05) is 0 Å². The second-order valence-corrected chi connectivity index (χ2v) is 9.01. The first-order valence-electron chi connectivity index (χ1n) is 12.5. The zero-order valence-electron chi connectivity index (χ0n) is 21.0. The zero-order valence-corrected chi connectivity index (χ0v) is 21.0. The Labute approximate surface area is 217 Å². The molecule has 9 heteroatoms. The first-order chi connectivity index (χ1) is 18.2. The maximum atomic E-state index is 14.9. The Morgan fingerprint density at radius 1 is 0.711 bits per heavy atom. The van der Waals surface area contributed by atoms with Crippen LogP contribution < -0.4 is 14.2 Å². The van der Waals surface area contributed by atoms with Crippen molar-refractivity contribution in [1.82, 2.24) is 0 Å². The van der Waals surface area contributed by atoms with E-state index in [1.807, 2.05) is 0 Å². The molecule has 0 aromatic heterocycles. The minimum atomic E-state index is -1.41. The molecule has 0 unspecified atom stereocenters. The number of hydrogen-bond donors (Lipinski definition) is 0. The van der Waals surface area contributed by atoms with Crippen LogP contribution in [0.1, 0.15) is 72.9 Å². The Morgan fingerprint density at radius 2 is 1.24 bits per heavy atom. The van der Waals surface area contributed by atoms with Gasteiger partial charge in [-0.05, 0) is 92.8 Å². The van der Waals surface area contributed by atoms with Crippen LogP contribution in [0, 0.1) is 29.1 Å². The average Bonchev–Trinajstić information content (AvgIpc) is 2.91. The number of carbonyl (C=O) groups excluding carboxylic acids is 1. The molecule has 0 amide bonds. The molecule has 1 aliphatic rings. The summed E-state index contributed by atoms with van der Waals surface area (Å²) in [6.07, 6.45) is 2.36. The van der Waals surface area contributed by atoms with Crippen molar-refractivity contribution in [3.63, 3.8) is 0 Å². The number of rotatable bonds is 8. The summed E-state index contributed by atoms with van der Waals surface area (Å²) in [5.74, 6) is -8.01. The van der Waals surface area contributed by atoms with Gasteiger partial charge in [0.2, 0.25) is 17.5 Å². The van der Waals surface area contributed by atoms with Crippen molar-refractivity contribution >= 4 is 5.97 Å². The van der Waals surface area contributed by atoms with Crippen molar-refractivity contribution in [3.05, 3.63) is 88.2 Å². The van der Waals surface area contributed by atoms with E-state index in [4.69, 9.17) is 14.2 Å². The SMILES string of the molecule is CCOc1ccc(OC(=O)c2ccc(C3CCC(c4ccc(OCC)c(F)c4F)CC3)cc2F)c(F)c1F. The van der Waals surface area contributed by atoms with Gasteiger partial charge in [0.15, 0.2) is 23.1 Å². The van der Waals surface area contributed by atoms with Gasteiger partial charge in [-0.2, -0.15) is 13.2 Å². The molecule has 0 saturated heterocycles. The molecule has 1 saturated carbocycles. The van der Waals surface area contributed by atoms with Crippen molar-refractivity contribution in [1.29, 1.82) is 0 Å². The fourth-order valence-electron chi connectivity index (χ4n) is 4.83. The predicted octanol–water partition coefficient (Wildman–Crippen LogP) is 7.84. The highest BCUT2D eigenvalue weighted by Crippen LogP contribution is 2.42. The molecule has 4 nitrogen and oxygen atoms in total. The molecule has 0 heterocycles. The molecule has 4 rings (SSSR count). The van der Waals surface area contributed by atoms with Crippen molar-refractivity contribution in [2.75, 3.05) is 13.2 Å². The summed E-state index contributed by atoms with van der Waals surface area (Å²) in [5.41, 5.74) is 0.517. The Morgan fingerprint density at radius 3 is 1.84 bits per heavy atom. The van der Waals surface area contributed by atoms with Crippen LogP contribution in [0.2, 0.25) is 0 Å². The predicted molar refractivity (Wildman–Crippen MR) is 130 cm³/mol. The van der Waals surface area contributed by atoms with Gasteiger partial charge >= 0.3 is 5.97 Å². The highest BCUT2D eigenvalue weighted by atomic mass is 19.2. The van der Waals surface area contributed by atoms with E-state index < -0.39 is 46.4 Å². The number of hydrogen-bond acceptors (Lipinski definition) is 4. The molecule has 0 bridgehead atoms. The standard InChI is InChI=1S/C29H27F5O4/c1-3-36-22-12-11-19(25(31)26(22)32)17-7-5-16(6-8-17)18-9-10-20(21(30)15-18)29(35)38-24-14-13-23(37-4-2)27(33)28(24)34/h9-17H,3-8H2,1-2H3. The molecule has 0 atom stereocenters. The molecule has 1 fully saturated rings. The Kier molecular flexibility index (Phi) is 8.54. The monoisotopic (exact) mass is 534 g/mol. The highest BCUT2D eigenvalue weighted by molar-refractivity contribution is 5.91. The summed E-state index contributed by atoms with van der Waals surface area (Å²) in [6, 6.07) is 9.17. The molecule has 38 heavy (non-hydrogen) atoms. The van der Waals surface area contributed by atoms with E-state index in [1.54, 1.807) is 26.0 Å². The fraction of sp³-hybridized carbons (Fsp3) is 0.345. The molecule has 1 aliphatic carbocycles. The van der Waals surface area contributed by atoms with Crippen molar-refractivity contribution in [2.45, 2.75) is 51.4 Å². The van der Waals surface area contributed by atoms with Crippen molar-refractivity contribution in [2.24, 2.45) is 0 Å². The number of esters is 1. The first kappa shape index (κ1) is 27.4. The van der Waals surface area contributed by atoms with E-state index in [2.05, 4.69) is 0 Å². The highest BCUT2D eigenvalue weighted by Gasteiger charge is 2.28. The third-order valence-corrected chi connectivity index (χ3v) is 6.74. The van der Waals surface area contributed by atoms with E-state index in [1.165, 1.54) is 18.2 Å². The van der Waals surface area contributed by atoms with Gasteiger partial charge in [0.1, 0.15) is 5.82 Å². The van der Waals surface area contributed by atoms with Gasteiger partial charge in [0.25, 0.3) is 0 Å². The van der Waals surface area contributed by atoms with Gasteiger partial charge < -0.3 is 14.2 Å². The molecule has 0 aliphatic heterocycles. The van der Waals surface area contributed by atoms with Crippen molar-refractivity contribution in [3.8, 4) is 17.2 Å². The molecule has 3 aromatic rings. The average molecular weight is 535 g/mol. The molecule has 0 radical (unpaired) electrons. The lowest BCUT2D eigenvalue weighted by molar-refractivity contribution is 0.0721. The lowest BCUT2D eigenvalue weighted by atomic mass is 9.76. The number of halogens is 5. The minimum absolute atomic E-state index is 0.0425. The van der Waals surface area contributed by atoms with Crippen molar-refractivity contribution < 1.29 is 41.0 Å². The van der Waals surface area contributed by atoms with E-state index in [9.17, 15) is 26.7 Å². The summed E-state index contributed by atoms with van der Waals surface area (Å²) >= 11 is 0. The van der Waals surface area contributed by atoms with Crippen LogP contribution in [0.5, 0.6) is 17.2 Å². The molecular formula is C29H27F5O4. The third kappa shape index (κ3) is 5.61. The van der Waals surface area contributed by atoms with Gasteiger partial charge in [-0.3, -0.25) is 0 Å². The summed E-state index contributed by atoms with van der Waals surface area (Å²) in [7, 11) is 0. The minimum Gasteiger partial charge on any atom is -0.491 e. The van der Waals surface area contributed by atoms with Crippen LogP contribution in [-0.2, 0) is 0 Å². The smallest absolute Gasteiger partial charge is 0.346 e. The van der Waals surface area contributed by atoms with Crippen LogP contribution in [0.3, 0.4) is 0 Å². The molecule has 0 spiro atoms. The summed E-state index contributed by atoms with van der Waals surface area (Å²) in [6.45, 7) is 3.64. The third-order valence-electron chi connectivity index (χ3n) is 6.74. The van der Waals surface area contributed by atoms with Crippen LogP contribution in [0.4, 0.5) is 22.0 Å². The lowest BCUT2D eigenvalue weighted by Crippen LogP contribution is -2.16. The van der Waals surface area contributed by atoms with E-state index in [0.29, 0.717) is 36.8 Å². The zero-order chi connectivity index (χ0) is 27.4. The Hall–Kier alpha value is -3.62. The Balaban J connectivity index is 1.42. The number of ether oxygens (including phenoxy) is 3. The fourth-order valence-corrected chi connectivity index (χ4v) is 4.83. The maximum absolute atomic E-state index is 14.9. The van der Waals surface area contributed by atoms with Crippen LogP contribution in [0.25, 0.3) is 0 Å². The number of carbonyl (C=O) groups is 1. The summed E-state index contributed by atoms with van der Waals surface area (Å²) < 4.78 is 87.0. The van der Waals surface area contributed by atoms with E-state index >= 15 is 0 Å². The maximum Gasteiger partial charge on any atom is 0.346 e. The first-order valence-corrected chi connectivity index (χ1v) is 12.5. The normalized spacial score (nSPS) is 17.2. The largest absolute Gasteiger partial charge is 0.491 e. The lowest BCUT2D eigenvalue weighted by Gasteiger charge is -2.29. The van der Waals surface area contributed by atoms with Crippen LogP contribution >= 0.6 is 0 Å². The molecule has 0 N–H and O–H groups in total. The van der Waals surface area contributed by atoms with Gasteiger partial charge in [-0.1, -0.05) is 12.1 Å². The summed E-state index contributed by atoms with van der Waals surface area (Å²) in [4.78, 5) is 12.5. The van der Waals surface area contributed by atoms with E-state index in [0.717, 1.165) is 12.1 Å². The second kappa shape index (κ2) is 11.8. The van der Waals surface area contributed by atoms with Crippen LogP contribution in [0.15, 0.2) is 42.5 Å². The second-order valence-electron chi connectivity index (χ2n) is 9.01. The summed E-state index contributed by atoms with van der Waals surface area (Å²) in [5, 5.41) is 0. The number of benzene rings is 3.